The average Bonchev–Trinajstić information content (AvgIpc) is 3.34. The van der Waals surface area contributed by atoms with Crippen molar-refractivity contribution in [3.63, 3.8) is 0 Å². The standard InChI is InChI=1S/C22H21N5O/c1-3-4-12-22(25-26-22)13-11-20(28)23-18-9-7-17(8-10-18)19-15-27-14-5-6-16(2)21(27)24-19/h1,5-10,14-15H,4,11-13H2,2H3,(H,23,28). The number of benzene rings is 1. The number of carbonyl (C=O) groups is 1. The van der Waals surface area contributed by atoms with Gasteiger partial charge in [-0.3, -0.25) is 4.79 Å². The smallest absolute Gasteiger partial charge is 0.224 e. The summed E-state index contributed by atoms with van der Waals surface area (Å²) in [6.07, 6.45) is 11.6. The molecule has 0 unspecified atom stereocenters. The maximum Gasteiger partial charge on any atom is 0.224 e. The largest absolute Gasteiger partial charge is 0.326 e. The molecule has 1 N–H and O–H groups in total. The number of aryl methyl sites for hydroxylation is 1. The van der Waals surface area contributed by atoms with Crippen LogP contribution in [0.3, 0.4) is 0 Å². The van der Waals surface area contributed by atoms with Crippen LogP contribution >= 0.6 is 0 Å². The van der Waals surface area contributed by atoms with Crippen molar-refractivity contribution in [2.24, 2.45) is 10.2 Å². The number of fused-ring (bicyclic) bond motifs is 1. The number of hydrogen-bond donors (Lipinski definition) is 1. The number of terminal acetylenes is 1. The number of imidazole rings is 1. The van der Waals surface area contributed by atoms with Crippen LogP contribution in [0.25, 0.3) is 16.9 Å². The van der Waals surface area contributed by atoms with Crippen molar-refractivity contribution < 1.29 is 4.79 Å². The van der Waals surface area contributed by atoms with Crippen molar-refractivity contribution >= 4 is 17.2 Å². The Kier molecular flexibility index (Phi) is 4.66. The predicted molar refractivity (Wildman–Crippen MR) is 109 cm³/mol. The van der Waals surface area contributed by atoms with Crippen LogP contribution in [0.5, 0.6) is 0 Å². The first kappa shape index (κ1) is 17.9. The molecule has 1 aromatic carbocycles. The lowest BCUT2D eigenvalue weighted by Gasteiger charge is -2.09. The van der Waals surface area contributed by atoms with Gasteiger partial charge in [-0.25, -0.2) is 4.98 Å². The monoisotopic (exact) mass is 371 g/mol. The van der Waals surface area contributed by atoms with Gasteiger partial charge in [0.1, 0.15) is 5.65 Å². The molecule has 0 atom stereocenters. The van der Waals surface area contributed by atoms with Crippen molar-refractivity contribution in [1.29, 1.82) is 0 Å². The van der Waals surface area contributed by atoms with E-state index in [-0.39, 0.29) is 5.91 Å². The first-order valence-corrected chi connectivity index (χ1v) is 9.31. The lowest BCUT2D eigenvalue weighted by molar-refractivity contribution is -0.116. The first-order valence-electron chi connectivity index (χ1n) is 9.31. The molecule has 0 bridgehead atoms. The zero-order valence-electron chi connectivity index (χ0n) is 15.7. The molecule has 0 saturated heterocycles. The summed E-state index contributed by atoms with van der Waals surface area (Å²) in [4.78, 5) is 16.9. The van der Waals surface area contributed by atoms with Crippen molar-refractivity contribution in [2.45, 2.75) is 38.3 Å². The minimum absolute atomic E-state index is 0.0477. The number of rotatable bonds is 7. The van der Waals surface area contributed by atoms with Crippen LogP contribution in [0, 0.1) is 19.3 Å². The van der Waals surface area contributed by atoms with E-state index >= 15 is 0 Å². The molecule has 4 rings (SSSR count). The highest BCUT2D eigenvalue weighted by molar-refractivity contribution is 5.91. The molecule has 6 heteroatoms. The highest BCUT2D eigenvalue weighted by atomic mass is 16.1. The Morgan fingerprint density at radius 1 is 1.21 bits per heavy atom. The summed E-state index contributed by atoms with van der Waals surface area (Å²) < 4.78 is 2.02. The summed E-state index contributed by atoms with van der Waals surface area (Å²) in [7, 11) is 0. The normalized spacial score (nSPS) is 14.0. The molecule has 3 heterocycles. The summed E-state index contributed by atoms with van der Waals surface area (Å²) in [6, 6.07) is 11.8. The first-order chi connectivity index (χ1) is 13.6. The third-order valence-corrected chi connectivity index (χ3v) is 4.95. The topological polar surface area (TPSA) is 71.1 Å². The van der Waals surface area contributed by atoms with Gasteiger partial charge in [0.15, 0.2) is 5.66 Å². The summed E-state index contributed by atoms with van der Waals surface area (Å²) in [5.41, 5.74) is 4.33. The van der Waals surface area contributed by atoms with Crippen LogP contribution in [0.2, 0.25) is 0 Å². The van der Waals surface area contributed by atoms with E-state index in [2.05, 4.69) is 21.5 Å². The molecular weight excluding hydrogens is 350 g/mol. The van der Waals surface area contributed by atoms with Crippen molar-refractivity contribution in [3.8, 4) is 23.6 Å². The van der Waals surface area contributed by atoms with E-state index in [0.29, 0.717) is 25.7 Å². The zero-order chi connectivity index (χ0) is 19.6. The number of aromatic nitrogens is 2. The van der Waals surface area contributed by atoms with Crippen molar-refractivity contribution in [1.82, 2.24) is 9.38 Å². The SMILES string of the molecule is C#CCCC1(CCC(=O)Nc2ccc(-c3cn4cccc(C)c4n3)cc2)N=N1. The van der Waals surface area contributed by atoms with Crippen molar-refractivity contribution in [2.75, 3.05) is 5.32 Å². The molecule has 0 aliphatic carbocycles. The minimum Gasteiger partial charge on any atom is -0.326 e. The predicted octanol–water partition coefficient (Wildman–Crippen LogP) is 4.60. The summed E-state index contributed by atoms with van der Waals surface area (Å²) >= 11 is 0. The van der Waals surface area contributed by atoms with Crippen molar-refractivity contribution in [3.05, 3.63) is 54.4 Å². The fourth-order valence-electron chi connectivity index (χ4n) is 3.22. The number of nitrogens with one attached hydrogen (secondary N) is 1. The third kappa shape index (κ3) is 3.79. The highest BCUT2D eigenvalue weighted by Crippen LogP contribution is 2.37. The molecule has 140 valence electrons. The van der Waals surface area contributed by atoms with Gasteiger partial charge in [-0.05, 0) is 30.7 Å². The molecular formula is C22H21N5O. The number of nitrogens with zero attached hydrogens (tertiary/aromatic N) is 4. The highest BCUT2D eigenvalue weighted by Gasteiger charge is 2.39. The Hall–Kier alpha value is -3.46. The Bertz CT molecular complexity index is 1080. The molecule has 0 radical (unpaired) electrons. The second-order valence-electron chi connectivity index (χ2n) is 7.06. The lowest BCUT2D eigenvalue weighted by Crippen LogP contribution is -2.17. The minimum atomic E-state index is -0.422. The molecule has 1 aliphatic heterocycles. The van der Waals surface area contributed by atoms with Crippen LogP contribution < -0.4 is 5.32 Å². The van der Waals surface area contributed by atoms with E-state index < -0.39 is 5.66 Å². The number of amides is 1. The number of carbonyl (C=O) groups excluding carboxylic acids is 1. The molecule has 6 nitrogen and oxygen atoms in total. The quantitative estimate of drug-likeness (QED) is 0.616. The average molecular weight is 371 g/mol. The van der Waals surface area contributed by atoms with Gasteiger partial charge in [0.2, 0.25) is 5.91 Å². The van der Waals surface area contributed by atoms with Gasteiger partial charge in [-0.2, -0.15) is 10.2 Å². The second-order valence-corrected chi connectivity index (χ2v) is 7.06. The van der Waals surface area contributed by atoms with E-state index in [4.69, 9.17) is 11.4 Å². The van der Waals surface area contributed by atoms with E-state index in [1.165, 1.54) is 0 Å². The van der Waals surface area contributed by atoms with Crippen LogP contribution in [-0.2, 0) is 4.79 Å². The Balaban J connectivity index is 1.37. The molecule has 0 spiro atoms. The number of hydrogen-bond acceptors (Lipinski definition) is 4. The lowest BCUT2D eigenvalue weighted by atomic mass is 10.0. The van der Waals surface area contributed by atoms with Gasteiger partial charge in [0, 0.05) is 49.3 Å². The maximum absolute atomic E-state index is 12.2. The molecule has 0 fully saturated rings. The number of anilines is 1. The third-order valence-electron chi connectivity index (χ3n) is 4.95. The molecule has 28 heavy (non-hydrogen) atoms. The van der Waals surface area contributed by atoms with E-state index in [1.54, 1.807) is 0 Å². The molecule has 1 amide bonds. The molecule has 3 aromatic rings. The van der Waals surface area contributed by atoms with Gasteiger partial charge >= 0.3 is 0 Å². The van der Waals surface area contributed by atoms with Crippen LogP contribution in [-0.4, -0.2) is 21.0 Å². The Morgan fingerprint density at radius 3 is 2.68 bits per heavy atom. The second kappa shape index (κ2) is 7.28. The fraction of sp³-hybridized carbons (Fsp3) is 0.273. The maximum atomic E-state index is 12.2. The van der Waals surface area contributed by atoms with Gasteiger partial charge in [-0.15, -0.1) is 12.3 Å². The van der Waals surface area contributed by atoms with Crippen LogP contribution in [0.1, 0.15) is 31.2 Å². The van der Waals surface area contributed by atoms with E-state index in [0.717, 1.165) is 28.2 Å². The Morgan fingerprint density at radius 2 is 2.00 bits per heavy atom. The van der Waals surface area contributed by atoms with E-state index in [9.17, 15) is 4.79 Å². The summed E-state index contributed by atoms with van der Waals surface area (Å²) in [6.45, 7) is 2.05. The fourth-order valence-corrected chi connectivity index (χ4v) is 3.22. The summed E-state index contributed by atoms with van der Waals surface area (Å²) in [5, 5.41) is 11.0. The van der Waals surface area contributed by atoms with Crippen LogP contribution in [0.15, 0.2) is 59.0 Å². The molecule has 0 saturated carbocycles. The van der Waals surface area contributed by atoms with Gasteiger partial charge in [0.05, 0.1) is 5.69 Å². The van der Waals surface area contributed by atoms with Gasteiger partial charge in [-0.1, -0.05) is 18.2 Å². The number of pyridine rings is 1. The summed E-state index contributed by atoms with van der Waals surface area (Å²) in [5.74, 6) is 2.55. The molecule has 1 aliphatic rings. The van der Waals surface area contributed by atoms with E-state index in [1.807, 2.05) is 60.1 Å². The zero-order valence-corrected chi connectivity index (χ0v) is 15.7. The van der Waals surface area contributed by atoms with Gasteiger partial charge in [0.25, 0.3) is 0 Å². The molecule has 2 aromatic heterocycles. The Labute approximate surface area is 163 Å². The van der Waals surface area contributed by atoms with Crippen LogP contribution in [0.4, 0.5) is 5.69 Å². The van der Waals surface area contributed by atoms with Gasteiger partial charge < -0.3 is 9.72 Å².